The summed E-state index contributed by atoms with van der Waals surface area (Å²) in [4.78, 5) is 41.0. The van der Waals surface area contributed by atoms with E-state index in [1.54, 1.807) is 26.2 Å². The van der Waals surface area contributed by atoms with E-state index in [0.29, 0.717) is 0 Å². The fraction of sp³-hybridized carbons (Fsp3) is 0.690. The number of amides is 1. The van der Waals surface area contributed by atoms with Crippen molar-refractivity contribution in [3.8, 4) is 0 Å². The van der Waals surface area contributed by atoms with Crippen molar-refractivity contribution >= 4 is 17.5 Å². The summed E-state index contributed by atoms with van der Waals surface area (Å²) in [6, 6.07) is 0. The molecule has 62 heavy (non-hydrogen) atoms. The highest BCUT2D eigenvalue weighted by molar-refractivity contribution is 6.23. The summed E-state index contributed by atoms with van der Waals surface area (Å²) in [6.45, 7) is 5.14. The average molecular weight is 885 g/mol. The number of allylic oxidation sites excluding steroid dienone is 4. The van der Waals surface area contributed by atoms with Gasteiger partial charge in [0.1, 0.15) is 61.0 Å². The van der Waals surface area contributed by atoms with Gasteiger partial charge in [0.05, 0.1) is 43.4 Å². The van der Waals surface area contributed by atoms with Crippen LogP contribution in [-0.4, -0.2) is 192 Å². The zero-order valence-corrected chi connectivity index (χ0v) is 36.0. The van der Waals surface area contributed by atoms with Crippen molar-refractivity contribution in [1.29, 1.82) is 0 Å². The second kappa shape index (κ2) is 23.6. The van der Waals surface area contributed by atoms with Crippen LogP contribution >= 0.6 is 0 Å². The van der Waals surface area contributed by atoms with Gasteiger partial charge in [-0.3, -0.25) is 14.4 Å². The van der Waals surface area contributed by atoms with E-state index >= 15 is 0 Å². The number of Topliss-reactive ketones (excluding diaryl/α,β-unsaturated/α-hetero) is 1. The third kappa shape index (κ3) is 12.3. The van der Waals surface area contributed by atoms with Gasteiger partial charge in [0.15, 0.2) is 12.6 Å². The van der Waals surface area contributed by atoms with Crippen LogP contribution in [0.5, 0.6) is 0 Å². The number of methoxy groups -OCH3 is 3. The van der Waals surface area contributed by atoms with Crippen LogP contribution in [0.1, 0.15) is 40.5 Å². The topological polar surface area (TPSA) is 302 Å². The number of fused-ring (bicyclic) bond motifs is 2. The summed E-state index contributed by atoms with van der Waals surface area (Å²) in [6.07, 6.45) is -11.1. The number of aliphatic hydroxyl groups is 8. The van der Waals surface area contributed by atoms with Crippen LogP contribution in [0.15, 0.2) is 58.5 Å². The molecule has 20 nitrogen and oxygen atoms in total. The molecule has 2 bridgehead atoms. The SMILES string of the molecule is CO[C@H]1/C=C\C=C(/C)C(=O)NC2=CC(=O)C(NCCO[C@@H]3O[C@H](CO)[C@@H](O[C@@H]4O[C@H](CO)[C@H](O)[C@H](O)[C@H]4O)[C@H](O)[C@H]3O)=C(C[C@@H](C)C[C@H](OC)[C@H](O)[C@@H](C)/C=C(\C)[C@@H]1OC)C2=O. The molecule has 0 unspecified atom stereocenters. The molecule has 10 N–H and O–H groups in total. The van der Waals surface area contributed by atoms with Crippen molar-refractivity contribution in [2.45, 2.75) is 126 Å². The Morgan fingerprint density at radius 1 is 0.823 bits per heavy atom. The summed E-state index contributed by atoms with van der Waals surface area (Å²) in [5, 5.41) is 89.0. The largest absolute Gasteiger partial charge is 0.394 e. The quantitative estimate of drug-likeness (QED) is 0.0553. The number of carbonyl (C=O) groups is 3. The van der Waals surface area contributed by atoms with Gasteiger partial charge in [0.25, 0.3) is 5.91 Å². The Kier molecular flexibility index (Phi) is 19.5. The second-order valence-corrected chi connectivity index (χ2v) is 16.0. The molecule has 1 aliphatic carbocycles. The molecule has 3 heterocycles. The van der Waals surface area contributed by atoms with Crippen LogP contribution < -0.4 is 10.6 Å². The Morgan fingerprint density at radius 3 is 2.11 bits per heavy atom. The minimum absolute atomic E-state index is 0.0281. The number of carbonyl (C=O) groups excluding carboxylic acids is 3. The molecule has 4 aliphatic rings. The van der Waals surface area contributed by atoms with Gasteiger partial charge < -0.3 is 84.6 Å². The number of hydrogen-bond acceptors (Lipinski definition) is 19. The second-order valence-electron chi connectivity index (χ2n) is 16.0. The zero-order chi connectivity index (χ0) is 46.0. The van der Waals surface area contributed by atoms with Gasteiger partial charge in [0, 0.05) is 51.0 Å². The Morgan fingerprint density at radius 2 is 1.48 bits per heavy atom. The summed E-state index contributed by atoms with van der Waals surface area (Å²) < 4.78 is 39.4. The third-order valence-corrected chi connectivity index (χ3v) is 11.5. The van der Waals surface area contributed by atoms with Crippen LogP contribution in [0, 0.1) is 11.8 Å². The molecule has 20 heteroatoms. The first kappa shape index (κ1) is 51.3. The summed E-state index contributed by atoms with van der Waals surface area (Å²) in [5.74, 6) is -2.62. The Bertz CT molecular complexity index is 1690. The van der Waals surface area contributed by atoms with Gasteiger partial charge in [-0.1, -0.05) is 38.2 Å². The van der Waals surface area contributed by atoms with Crippen molar-refractivity contribution in [2.75, 3.05) is 47.7 Å². The predicted octanol–water partition coefficient (Wildman–Crippen LogP) is -2.46. The van der Waals surface area contributed by atoms with E-state index in [1.165, 1.54) is 20.3 Å². The van der Waals surface area contributed by atoms with Crippen LogP contribution in [0.3, 0.4) is 0 Å². The van der Waals surface area contributed by atoms with Gasteiger partial charge in [0.2, 0.25) is 11.6 Å². The van der Waals surface area contributed by atoms with Crippen LogP contribution in [0.25, 0.3) is 0 Å². The lowest BCUT2D eigenvalue weighted by Gasteiger charge is -2.45. The van der Waals surface area contributed by atoms with E-state index in [1.807, 2.05) is 26.8 Å². The molecule has 2 saturated heterocycles. The third-order valence-electron chi connectivity index (χ3n) is 11.5. The lowest BCUT2D eigenvalue weighted by atomic mass is 9.85. The Labute approximate surface area is 360 Å². The molecule has 350 valence electrons. The molecular weight excluding hydrogens is 820 g/mol. The molecule has 3 aliphatic heterocycles. The lowest BCUT2D eigenvalue weighted by Crippen LogP contribution is -2.64. The van der Waals surface area contributed by atoms with Gasteiger partial charge in [-0.25, -0.2) is 0 Å². The first-order chi connectivity index (χ1) is 29.4. The van der Waals surface area contributed by atoms with Crippen molar-refractivity contribution in [3.63, 3.8) is 0 Å². The first-order valence-electron chi connectivity index (χ1n) is 20.5. The predicted molar refractivity (Wildman–Crippen MR) is 216 cm³/mol. The summed E-state index contributed by atoms with van der Waals surface area (Å²) in [7, 11) is 4.53. The number of ketones is 2. The fourth-order valence-electron chi connectivity index (χ4n) is 7.86. The number of ether oxygens (including phenoxy) is 7. The molecule has 2 fully saturated rings. The maximum atomic E-state index is 14.1. The highest BCUT2D eigenvalue weighted by Crippen LogP contribution is 2.31. The highest BCUT2D eigenvalue weighted by atomic mass is 16.7. The average Bonchev–Trinajstić information content (AvgIpc) is 3.24. The van der Waals surface area contributed by atoms with Crippen LogP contribution in [-0.2, 0) is 47.5 Å². The molecule has 0 aromatic heterocycles. The zero-order valence-electron chi connectivity index (χ0n) is 36.0. The van der Waals surface area contributed by atoms with Gasteiger partial charge in [-0.05, 0) is 38.2 Å². The minimum atomic E-state index is -1.83. The van der Waals surface area contributed by atoms with E-state index in [4.69, 9.17) is 33.2 Å². The van der Waals surface area contributed by atoms with E-state index in [0.717, 1.165) is 11.6 Å². The fourth-order valence-corrected chi connectivity index (χ4v) is 7.86. The first-order valence-corrected chi connectivity index (χ1v) is 20.5. The standard InChI is InChI=1S/C42H64N2O18/c1-19-13-23-30(43-11-12-59-41-37(54)35(52)39(29(18-46)61-41)62-42-36(53)34(51)33(50)28(17-45)60-42)25(47)16-24(32(23)49)44-40(55)20(2)9-8-10-26(56-5)38(58-7)22(4)15-21(3)31(48)27(14-19)57-6/h8-10,15-16,19,21,26-29,31,33-39,41-43,45-46,48,50-54H,11-14,17-18H2,1-7H3,(H,44,55)/b10-8-,20-9+,22-15+/t19-,21+,26+,27+,28-,29-,31-,33+,34+,35-,36-,37-,38+,39-,41-,42+/m1/s1. The molecule has 0 radical (unpaired) electrons. The number of aliphatic hydroxyl groups excluding tert-OH is 8. The molecule has 0 spiro atoms. The maximum absolute atomic E-state index is 14.1. The minimum Gasteiger partial charge on any atom is -0.394 e. The number of rotatable bonds is 12. The van der Waals surface area contributed by atoms with Crippen molar-refractivity contribution in [2.24, 2.45) is 11.8 Å². The van der Waals surface area contributed by atoms with Gasteiger partial charge in [-0.15, -0.1) is 0 Å². The number of nitrogens with one attached hydrogen (secondary N) is 2. The molecule has 0 aromatic rings. The Hall–Kier alpha value is -3.29. The van der Waals surface area contributed by atoms with E-state index in [9.17, 15) is 55.2 Å². The molecule has 4 rings (SSSR count). The summed E-state index contributed by atoms with van der Waals surface area (Å²) in [5.41, 5.74) is 0.755. The molecule has 16 atom stereocenters. The van der Waals surface area contributed by atoms with E-state index in [-0.39, 0.29) is 54.5 Å². The van der Waals surface area contributed by atoms with Crippen molar-refractivity contribution in [3.05, 3.63) is 58.5 Å². The lowest BCUT2D eigenvalue weighted by molar-refractivity contribution is -0.359. The van der Waals surface area contributed by atoms with Crippen LogP contribution in [0.2, 0.25) is 0 Å². The van der Waals surface area contributed by atoms with E-state index in [2.05, 4.69) is 10.6 Å². The molecule has 0 saturated carbocycles. The molecule has 0 aromatic carbocycles. The molecular formula is C42H64N2O18. The number of hydrogen-bond donors (Lipinski definition) is 10. The van der Waals surface area contributed by atoms with E-state index < -0.39 is 122 Å². The molecule has 1 amide bonds. The van der Waals surface area contributed by atoms with Crippen molar-refractivity contribution in [1.82, 2.24) is 10.6 Å². The Balaban J connectivity index is 1.52. The monoisotopic (exact) mass is 884 g/mol. The normalized spacial score (nSPS) is 40.5. The maximum Gasteiger partial charge on any atom is 0.251 e. The van der Waals surface area contributed by atoms with Gasteiger partial charge >= 0.3 is 0 Å². The van der Waals surface area contributed by atoms with Crippen molar-refractivity contribution < 1.29 is 88.4 Å². The van der Waals surface area contributed by atoms with Gasteiger partial charge in [-0.2, -0.15) is 0 Å². The summed E-state index contributed by atoms with van der Waals surface area (Å²) >= 11 is 0. The van der Waals surface area contributed by atoms with Crippen LogP contribution in [0.4, 0.5) is 0 Å². The highest BCUT2D eigenvalue weighted by Gasteiger charge is 2.51. The smallest absolute Gasteiger partial charge is 0.251 e.